The zero-order valence-corrected chi connectivity index (χ0v) is 18.9. The number of benzene rings is 1. The molecule has 2 heterocycles. The quantitative estimate of drug-likeness (QED) is 0.581. The summed E-state index contributed by atoms with van der Waals surface area (Å²) in [5, 5.41) is 0. The topological polar surface area (TPSA) is 70.1 Å². The van der Waals surface area contributed by atoms with E-state index in [2.05, 4.69) is 4.98 Å². The molecule has 32 heavy (non-hydrogen) atoms. The largest absolute Gasteiger partial charge is 0.493 e. The number of ether oxygens (including phenoxy) is 4. The lowest BCUT2D eigenvalue weighted by atomic mass is 10.1. The fourth-order valence-electron chi connectivity index (χ4n) is 4.54. The van der Waals surface area contributed by atoms with E-state index >= 15 is 0 Å². The maximum absolute atomic E-state index is 13.3. The van der Waals surface area contributed by atoms with E-state index in [9.17, 15) is 4.79 Å². The zero-order chi connectivity index (χ0) is 22.3. The van der Waals surface area contributed by atoms with Crippen LogP contribution < -0.4 is 14.2 Å². The summed E-state index contributed by atoms with van der Waals surface area (Å²) >= 11 is 0. The summed E-state index contributed by atoms with van der Waals surface area (Å²) in [6.07, 6.45) is 8.10. The molecule has 1 atom stereocenters. The Bertz CT molecular complexity index is 867. The molecule has 1 saturated heterocycles. The molecule has 1 aliphatic heterocycles. The van der Waals surface area contributed by atoms with Gasteiger partial charge in [-0.25, -0.2) is 0 Å². The third-order valence-corrected chi connectivity index (χ3v) is 6.22. The highest BCUT2D eigenvalue weighted by Crippen LogP contribution is 2.40. The second-order valence-electron chi connectivity index (χ2n) is 8.36. The molecule has 172 valence electrons. The normalized spacial score (nSPS) is 18.5. The minimum absolute atomic E-state index is 0.0471. The van der Waals surface area contributed by atoms with Crippen LogP contribution in [0.1, 0.15) is 54.6 Å². The summed E-state index contributed by atoms with van der Waals surface area (Å²) < 4.78 is 23.0. The minimum Gasteiger partial charge on any atom is -0.493 e. The second kappa shape index (κ2) is 10.7. The summed E-state index contributed by atoms with van der Waals surface area (Å²) in [7, 11) is 3.23. The molecule has 1 aromatic carbocycles. The van der Waals surface area contributed by atoms with Crippen LogP contribution in [0.4, 0.5) is 0 Å². The zero-order valence-electron chi connectivity index (χ0n) is 18.9. The number of aromatic nitrogens is 1. The Morgan fingerprint density at radius 1 is 1.09 bits per heavy atom. The van der Waals surface area contributed by atoms with Gasteiger partial charge in [0.2, 0.25) is 5.75 Å². The maximum Gasteiger partial charge on any atom is 0.272 e. The molecule has 0 N–H and O–H groups in total. The molecule has 1 amide bonds. The van der Waals surface area contributed by atoms with Crippen LogP contribution in [-0.4, -0.2) is 55.4 Å². The number of pyridine rings is 1. The van der Waals surface area contributed by atoms with Gasteiger partial charge in [-0.3, -0.25) is 9.78 Å². The van der Waals surface area contributed by atoms with Crippen LogP contribution in [0.3, 0.4) is 0 Å². The van der Waals surface area contributed by atoms with Crippen molar-refractivity contribution in [1.82, 2.24) is 9.88 Å². The Balaban J connectivity index is 1.58. The molecule has 4 rings (SSSR count). The van der Waals surface area contributed by atoms with Gasteiger partial charge in [-0.1, -0.05) is 18.9 Å². The van der Waals surface area contributed by atoms with E-state index < -0.39 is 0 Å². The van der Waals surface area contributed by atoms with Gasteiger partial charge in [0.05, 0.1) is 20.3 Å². The fraction of sp³-hybridized carbons (Fsp3) is 0.520. The highest BCUT2D eigenvalue weighted by Gasteiger charge is 2.29. The lowest BCUT2D eigenvalue weighted by Crippen LogP contribution is -2.38. The molecular formula is C25H32N2O5. The summed E-state index contributed by atoms with van der Waals surface area (Å²) in [4.78, 5) is 19.5. The Labute approximate surface area is 189 Å². The van der Waals surface area contributed by atoms with Gasteiger partial charge in [-0.2, -0.15) is 0 Å². The lowest BCUT2D eigenvalue weighted by Gasteiger charge is -2.29. The second-order valence-corrected chi connectivity index (χ2v) is 8.36. The number of hydrogen-bond donors (Lipinski definition) is 0. The molecule has 1 aromatic heterocycles. The molecule has 0 spiro atoms. The van der Waals surface area contributed by atoms with E-state index in [4.69, 9.17) is 18.9 Å². The van der Waals surface area contributed by atoms with E-state index in [0.29, 0.717) is 36.1 Å². The van der Waals surface area contributed by atoms with E-state index in [1.165, 1.54) is 0 Å². The molecule has 0 radical (unpaired) electrons. The smallest absolute Gasteiger partial charge is 0.272 e. The molecular weight excluding hydrogens is 408 g/mol. The van der Waals surface area contributed by atoms with Crippen LogP contribution in [0.5, 0.6) is 17.2 Å². The van der Waals surface area contributed by atoms with Gasteiger partial charge < -0.3 is 23.8 Å². The Hall–Kier alpha value is -2.80. The van der Waals surface area contributed by atoms with Crippen molar-refractivity contribution in [3.63, 3.8) is 0 Å². The van der Waals surface area contributed by atoms with Crippen molar-refractivity contribution < 1.29 is 23.7 Å². The molecule has 1 aliphatic carbocycles. The number of carbonyl (C=O) groups excluding carboxylic acids is 1. The van der Waals surface area contributed by atoms with Gasteiger partial charge in [0.25, 0.3) is 5.91 Å². The average Bonchev–Trinajstić information content (AvgIpc) is 3.55. The van der Waals surface area contributed by atoms with Gasteiger partial charge >= 0.3 is 0 Å². The molecule has 1 saturated carbocycles. The molecule has 2 aliphatic rings. The fourth-order valence-corrected chi connectivity index (χ4v) is 4.54. The number of nitrogens with zero attached hydrogens (tertiary/aromatic N) is 2. The van der Waals surface area contributed by atoms with Crippen LogP contribution >= 0.6 is 0 Å². The Kier molecular flexibility index (Phi) is 7.47. The van der Waals surface area contributed by atoms with Crippen LogP contribution in [0.15, 0.2) is 36.5 Å². The van der Waals surface area contributed by atoms with E-state index in [0.717, 1.165) is 50.7 Å². The average molecular weight is 441 g/mol. The molecule has 2 aromatic rings. The third-order valence-electron chi connectivity index (χ3n) is 6.22. The number of amides is 1. The number of hydrogen-bond acceptors (Lipinski definition) is 6. The van der Waals surface area contributed by atoms with Crippen molar-refractivity contribution in [3.05, 3.63) is 47.8 Å². The lowest BCUT2D eigenvalue weighted by molar-refractivity contribution is 0.0649. The highest BCUT2D eigenvalue weighted by atomic mass is 16.6. The van der Waals surface area contributed by atoms with Crippen molar-refractivity contribution >= 4 is 5.91 Å². The maximum atomic E-state index is 13.3. The van der Waals surface area contributed by atoms with Crippen LogP contribution in [-0.2, 0) is 11.3 Å². The van der Waals surface area contributed by atoms with Gasteiger partial charge in [-0.15, -0.1) is 0 Å². The minimum atomic E-state index is -0.0471. The van der Waals surface area contributed by atoms with Crippen molar-refractivity contribution in [3.8, 4) is 17.2 Å². The summed E-state index contributed by atoms with van der Waals surface area (Å²) in [5.41, 5.74) is 1.40. The first-order chi connectivity index (χ1) is 15.7. The number of methoxy groups -OCH3 is 2. The summed E-state index contributed by atoms with van der Waals surface area (Å²) in [6, 6.07) is 9.51. The first-order valence-electron chi connectivity index (χ1n) is 11.4. The van der Waals surface area contributed by atoms with Crippen LogP contribution in [0, 0.1) is 0 Å². The van der Waals surface area contributed by atoms with Crippen LogP contribution in [0.2, 0.25) is 0 Å². The number of carbonyl (C=O) groups is 1. The molecule has 7 nitrogen and oxygen atoms in total. The van der Waals surface area contributed by atoms with Crippen LogP contribution in [0.25, 0.3) is 0 Å². The molecule has 0 bridgehead atoms. The predicted molar refractivity (Wildman–Crippen MR) is 120 cm³/mol. The molecule has 7 heteroatoms. The third kappa shape index (κ3) is 5.15. The van der Waals surface area contributed by atoms with E-state index in [1.807, 2.05) is 29.2 Å². The Morgan fingerprint density at radius 2 is 1.84 bits per heavy atom. The van der Waals surface area contributed by atoms with E-state index in [-0.39, 0.29) is 18.1 Å². The first-order valence-corrected chi connectivity index (χ1v) is 11.4. The predicted octanol–water partition coefficient (Wildman–Crippen LogP) is 4.24. The summed E-state index contributed by atoms with van der Waals surface area (Å²) in [6.45, 7) is 1.69. The van der Waals surface area contributed by atoms with Gasteiger partial charge in [0.1, 0.15) is 12.3 Å². The van der Waals surface area contributed by atoms with Crippen molar-refractivity contribution in [2.24, 2.45) is 0 Å². The van der Waals surface area contributed by atoms with Gasteiger partial charge in [0.15, 0.2) is 11.5 Å². The number of rotatable bonds is 9. The summed E-state index contributed by atoms with van der Waals surface area (Å²) in [5.74, 6) is 1.70. The first kappa shape index (κ1) is 22.4. The van der Waals surface area contributed by atoms with E-state index in [1.54, 1.807) is 26.5 Å². The Morgan fingerprint density at radius 3 is 2.44 bits per heavy atom. The van der Waals surface area contributed by atoms with Crippen molar-refractivity contribution in [2.45, 2.75) is 57.2 Å². The standard InChI is InChI=1S/C25H32N2O5/c1-29-22-14-18(15-23(30-2)24(22)32-17-20-10-7-13-31-20)16-27(19-8-3-4-9-19)25(28)21-11-5-6-12-26-21/h5-6,11-12,14-15,19-20H,3-4,7-10,13,16-17H2,1-2H3. The van der Waals surface area contributed by atoms with Crippen molar-refractivity contribution in [1.29, 1.82) is 0 Å². The monoisotopic (exact) mass is 440 g/mol. The van der Waals surface area contributed by atoms with Crippen molar-refractivity contribution in [2.75, 3.05) is 27.4 Å². The van der Waals surface area contributed by atoms with Gasteiger partial charge in [-0.05, 0) is 55.5 Å². The molecule has 2 fully saturated rings. The van der Waals surface area contributed by atoms with Gasteiger partial charge in [0, 0.05) is 25.4 Å². The highest BCUT2D eigenvalue weighted by molar-refractivity contribution is 5.92. The molecule has 1 unspecified atom stereocenters. The SMILES string of the molecule is COc1cc(CN(C(=O)c2ccccn2)C2CCCC2)cc(OC)c1OCC1CCCO1.